The maximum atomic E-state index is 12.7. The van der Waals surface area contributed by atoms with Crippen molar-refractivity contribution in [3.63, 3.8) is 0 Å². The van der Waals surface area contributed by atoms with Crippen molar-refractivity contribution < 1.29 is 4.79 Å². The molecule has 0 fully saturated rings. The van der Waals surface area contributed by atoms with E-state index in [1.165, 1.54) is 4.57 Å². The molecule has 2 aromatic heterocycles. The van der Waals surface area contributed by atoms with E-state index in [2.05, 4.69) is 17.2 Å². The highest BCUT2D eigenvalue weighted by atomic mass is 35.5. The molecular formula is C19H21ClN4O2. The Morgan fingerprint density at radius 3 is 2.73 bits per heavy atom. The summed E-state index contributed by atoms with van der Waals surface area (Å²) >= 11 is 6.27. The van der Waals surface area contributed by atoms with Crippen molar-refractivity contribution in [3.05, 3.63) is 57.7 Å². The molecule has 1 N–H and O–H groups in total. The SMILES string of the molecule is CCC[C@@H](C)NC(=O)c1cn2cc(-c3ccccc3Cl)n(C)c(=O)c2n1. The molecule has 0 aliphatic rings. The first-order valence-corrected chi connectivity index (χ1v) is 8.94. The zero-order chi connectivity index (χ0) is 18.8. The Bertz CT molecular complexity index is 1020. The number of halogens is 1. The first-order chi connectivity index (χ1) is 12.4. The highest BCUT2D eigenvalue weighted by molar-refractivity contribution is 6.33. The third-order valence-electron chi connectivity index (χ3n) is 4.33. The van der Waals surface area contributed by atoms with Gasteiger partial charge in [0.25, 0.3) is 11.5 Å². The molecule has 1 atom stereocenters. The quantitative estimate of drug-likeness (QED) is 0.747. The minimum atomic E-state index is -0.289. The van der Waals surface area contributed by atoms with E-state index in [1.807, 2.05) is 25.1 Å². The number of nitrogens with one attached hydrogen (secondary N) is 1. The summed E-state index contributed by atoms with van der Waals surface area (Å²) in [7, 11) is 1.67. The lowest BCUT2D eigenvalue weighted by molar-refractivity contribution is 0.0934. The van der Waals surface area contributed by atoms with E-state index >= 15 is 0 Å². The van der Waals surface area contributed by atoms with Crippen molar-refractivity contribution in [2.75, 3.05) is 0 Å². The largest absolute Gasteiger partial charge is 0.348 e. The van der Waals surface area contributed by atoms with Crippen molar-refractivity contribution in [1.82, 2.24) is 19.3 Å². The summed E-state index contributed by atoms with van der Waals surface area (Å²) in [4.78, 5) is 29.3. The summed E-state index contributed by atoms with van der Waals surface area (Å²) < 4.78 is 3.07. The molecule has 0 saturated heterocycles. The van der Waals surface area contributed by atoms with Crippen LogP contribution in [0.15, 0.2) is 41.5 Å². The van der Waals surface area contributed by atoms with Gasteiger partial charge < -0.3 is 9.88 Å². The van der Waals surface area contributed by atoms with Crippen LogP contribution in [-0.2, 0) is 7.05 Å². The second-order valence-corrected chi connectivity index (χ2v) is 6.79. The molecule has 0 saturated carbocycles. The molecule has 136 valence electrons. The number of imidazole rings is 1. The lowest BCUT2D eigenvalue weighted by Crippen LogP contribution is -2.32. The molecule has 7 heteroatoms. The number of hydrogen-bond acceptors (Lipinski definition) is 3. The zero-order valence-corrected chi connectivity index (χ0v) is 15.7. The monoisotopic (exact) mass is 372 g/mol. The van der Waals surface area contributed by atoms with Gasteiger partial charge in [0.05, 0.1) is 5.69 Å². The van der Waals surface area contributed by atoms with E-state index in [-0.39, 0.29) is 28.8 Å². The van der Waals surface area contributed by atoms with Crippen LogP contribution in [0.1, 0.15) is 37.2 Å². The van der Waals surface area contributed by atoms with E-state index in [9.17, 15) is 9.59 Å². The molecule has 0 bridgehead atoms. The van der Waals surface area contributed by atoms with Gasteiger partial charge in [-0.1, -0.05) is 43.1 Å². The van der Waals surface area contributed by atoms with Crippen molar-refractivity contribution in [2.24, 2.45) is 7.05 Å². The Kier molecular flexibility index (Phi) is 5.13. The second-order valence-electron chi connectivity index (χ2n) is 6.38. The van der Waals surface area contributed by atoms with E-state index in [0.717, 1.165) is 18.4 Å². The molecule has 0 aliphatic heterocycles. The van der Waals surface area contributed by atoms with Gasteiger partial charge in [0, 0.05) is 36.1 Å². The van der Waals surface area contributed by atoms with Crippen LogP contribution in [0.4, 0.5) is 0 Å². The lowest BCUT2D eigenvalue weighted by atomic mass is 10.1. The molecule has 0 spiro atoms. The minimum Gasteiger partial charge on any atom is -0.348 e. The summed E-state index contributed by atoms with van der Waals surface area (Å²) in [5, 5.41) is 3.45. The maximum Gasteiger partial charge on any atom is 0.294 e. The fourth-order valence-corrected chi connectivity index (χ4v) is 3.19. The predicted octanol–water partition coefficient (Wildman–Crippen LogP) is 3.27. The van der Waals surface area contributed by atoms with Gasteiger partial charge in [-0.05, 0) is 19.4 Å². The third kappa shape index (κ3) is 3.37. The summed E-state index contributed by atoms with van der Waals surface area (Å²) in [5.41, 5.74) is 1.53. The number of aromatic nitrogens is 3. The molecule has 3 rings (SSSR count). The van der Waals surface area contributed by atoms with Crippen LogP contribution in [0.25, 0.3) is 16.9 Å². The van der Waals surface area contributed by atoms with E-state index < -0.39 is 0 Å². The summed E-state index contributed by atoms with van der Waals surface area (Å²) in [6.07, 6.45) is 5.20. The lowest BCUT2D eigenvalue weighted by Gasteiger charge is -2.10. The molecule has 3 aromatic rings. The smallest absolute Gasteiger partial charge is 0.294 e. The third-order valence-corrected chi connectivity index (χ3v) is 4.66. The molecule has 0 radical (unpaired) electrons. The molecule has 1 aromatic carbocycles. The first-order valence-electron chi connectivity index (χ1n) is 8.56. The Morgan fingerprint density at radius 2 is 2.04 bits per heavy atom. The van der Waals surface area contributed by atoms with Gasteiger partial charge in [-0.25, -0.2) is 4.98 Å². The highest BCUT2D eigenvalue weighted by Gasteiger charge is 2.17. The van der Waals surface area contributed by atoms with Gasteiger partial charge in [-0.3, -0.25) is 14.0 Å². The van der Waals surface area contributed by atoms with E-state index in [1.54, 1.807) is 29.9 Å². The van der Waals surface area contributed by atoms with Gasteiger partial charge in [0.2, 0.25) is 5.65 Å². The van der Waals surface area contributed by atoms with Crippen LogP contribution in [0, 0.1) is 0 Å². The summed E-state index contributed by atoms with van der Waals surface area (Å²) in [6.45, 7) is 4.01. The Balaban J connectivity index is 2.06. The fourth-order valence-electron chi connectivity index (χ4n) is 2.96. The van der Waals surface area contributed by atoms with Crippen LogP contribution in [0.2, 0.25) is 5.02 Å². The number of fused-ring (bicyclic) bond motifs is 1. The van der Waals surface area contributed by atoms with Gasteiger partial charge in [0.15, 0.2) is 0 Å². The number of hydrogen-bond donors (Lipinski definition) is 1. The molecule has 6 nitrogen and oxygen atoms in total. The van der Waals surface area contributed by atoms with Crippen LogP contribution >= 0.6 is 11.6 Å². The number of nitrogens with zero attached hydrogens (tertiary/aromatic N) is 3. The first kappa shape index (κ1) is 18.2. The van der Waals surface area contributed by atoms with E-state index in [0.29, 0.717) is 10.7 Å². The predicted molar refractivity (Wildman–Crippen MR) is 103 cm³/mol. The number of carbonyl (C=O) groups is 1. The van der Waals surface area contributed by atoms with Crippen molar-refractivity contribution in [3.8, 4) is 11.3 Å². The normalized spacial score (nSPS) is 12.3. The average Bonchev–Trinajstić information content (AvgIpc) is 3.03. The Hall–Kier alpha value is -2.60. The minimum absolute atomic E-state index is 0.0545. The molecule has 0 unspecified atom stereocenters. The zero-order valence-electron chi connectivity index (χ0n) is 15.0. The summed E-state index contributed by atoms with van der Waals surface area (Å²) in [5.74, 6) is -0.281. The van der Waals surface area contributed by atoms with Crippen LogP contribution < -0.4 is 10.9 Å². The fraction of sp³-hybridized carbons (Fsp3) is 0.316. The number of rotatable bonds is 5. The van der Waals surface area contributed by atoms with Gasteiger partial charge in [0.1, 0.15) is 5.69 Å². The van der Waals surface area contributed by atoms with Crippen molar-refractivity contribution in [2.45, 2.75) is 32.7 Å². The molecule has 1 amide bonds. The second kappa shape index (κ2) is 7.33. The van der Waals surface area contributed by atoms with Crippen LogP contribution in [0.5, 0.6) is 0 Å². The average molecular weight is 373 g/mol. The molecule has 2 heterocycles. The summed E-state index contributed by atoms with van der Waals surface area (Å²) in [6, 6.07) is 7.36. The maximum absolute atomic E-state index is 12.7. The molecule has 26 heavy (non-hydrogen) atoms. The van der Waals surface area contributed by atoms with E-state index in [4.69, 9.17) is 11.6 Å². The van der Waals surface area contributed by atoms with Crippen LogP contribution in [0.3, 0.4) is 0 Å². The van der Waals surface area contributed by atoms with Gasteiger partial charge in [-0.2, -0.15) is 0 Å². The highest BCUT2D eigenvalue weighted by Crippen LogP contribution is 2.26. The number of amides is 1. The standard InChI is InChI=1S/C19H21ClN4O2/c1-4-7-12(2)21-18(25)15-10-24-11-16(13-8-5-6-9-14(13)20)23(3)19(26)17(24)22-15/h5-6,8-12H,4,7H2,1-3H3,(H,21,25)/t12-/m1/s1. The topological polar surface area (TPSA) is 68.4 Å². The molecule has 0 aliphatic carbocycles. The van der Waals surface area contributed by atoms with Crippen LogP contribution in [-0.4, -0.2) is 25.9 Å². The number of carbonyl (C=O) groups excluding carboxylic acids is 1. The number of benzene rings is 1. The van der Waals surface area contributed by atoms with Gasteiger partial charge >= 0.3 is 0 Å². The Labute approximate surface area is 156 Å². The van der Waals surface area contributed by atoms with Crippen molar-refractivity contribution >= 4 is 23.2 Å². The van der Waals surface area contributed by atoms with Crippen molar-refractivity contribution in [1.29, 1.82) is 0 Å². The van der Waals surface area contributed by atoms with Gasteiger partial charge in [-0.15, -0.1) is 0 Å². The Morgan fingerprint density at radius 1 is 1.31 bits per heavy atom. The molecular weight excluding hydrogens is 352 g/mol.